The minimum Gasteiger partial charge on any atom is -0.376 e. The van der Waals surface area contributed by atoms with E-state index in [-0.39, 0.29) is 35.3 Å². The molecule has 4 heterocycles. The number of thioether (sulfide) groups is 1. The summed E-state index contributed by atoms with van der Waals surface area (Å²) in [5.74, 6) is 0.308. The van der Waals surface area contributed by atoms with Crippen molar-refractivity contribution >= 4 is 33.2 Å². The fourth-order valence-electron chi connectivity index (χ4n) is 3.61. The first kappa shape index (κ1) is 18.7. The normalized spacial score (nSPS) is 24.4. The number of pyridine rings is 1. The van der Waals surface area contributed by atoms with Crippen molar-refractivity contribution in [1.29, 1.82) is 0 Å². The van der Waals surface area contributed by atoms with Gasteiger partial charge in [0.2, 0.25) is 5.91 Å². The largest absolute Gasteiger partial charge is 0.376 e. The van der Waals surface area contributed by atoms with E-state index < -0.39 is 9.84 Å². The van der Waals surface area contributed by atoms with Gasteiger partial charge in [-0.3, -0.25) is 9.20 Å². The summed E-state index contributed by atoms with van der Waals surface area (Å²) in [6.45, 7) is 1.16. The third-order valence-electron chi connectivity index (χ3n) is 5.00. The van der Waals surface area contributed by atoms with Crippen LogP contribution in [0.2, 0.25) is 0 Å². The number of fused-ring (bicyclic) bond motifs is 1. The number of carbonyl (C=O) groups is 1. The van der Waals surface area contributed by atoms with Crippen molar-refractivity contribution in [3.8, 4) is 0 Å². The molecule has 2 atom stereocenters. The van der Waals surface area contributed by atoms with Crippen molar-refractivity contribution in [1.82, 2.24) is 19.5 Å². The number of amides is 1. The third kappa shape index (κ3) is 4.27. The highest BCUT2D eigenvalue weighted by Crippen LogP contribution is 2.24. The van der Waals surface area contributed by atoms with E-state index in [4.69, 9.17) is 4.74 Å². The Labute approximate surface area is 162 Å². The second kappa shape index (κ2) is 7.76. The monoisotopic (exact) mass is 410 g/mol. The van der Waals surface area contributed by atoms with Crippen LogP contribution >= 0.6 is 11.8 Å². The highest BCUT2D eigenvalue weighted by atomic mass is 32.2. The molecule has 2 unspecified atom stereocenters. The van der Waals surface area contributed by atoms with Gasteiger partial charge in [0.05, 0.1) is 23.4 Å². The molecule has 2 fully saturated rings. The molecule has 8 nitrogen and oxygen atoms in total. The number of ether oxygens (including phenoxy) is 1. The molecule has 0 bridgehead atoms. The highest BCUT2D eigenvalue weighted by molar-refractivity contribution is 7.99. The van der Waals surface area contributed by atoms with E-state index in [0.717, 1.165) is 18.5 Å². The van der Waals surface area contributed by atoms with Gasteiger partial charge in [-0.1, -0.05) is 17.8 Å². The zero-order chi connectivity index (χ0) is 18.9. The van der Waals surface area contributed by atoms with Gasteiger partial charge in [0.25, 0.3) is 0 Å². The van der Waals surface area contributed by atoms with Crippen LogP contribution in [0.5, 0.6) is 0 Å². The minimum atomic E-state index is -3.06. The summed E-state index contributed by atoms with van der Waals surface area (Å²) in [7, 11) is -3.06. The highest BCUT2D eigenvalue weighted by Gasteiger charge is 2.36. The molecule has 0 aromatic carbocycles. The van der Waals surface area contributed by atoms with Crippen LogP contribution in [0.3, 0.4) is 0 Å². The molecular weight excluding hydrogens is 388 g/mol. The molecular formula is C17H22N4O4S2. The van der Waals surface area contributed by atoms with Crippen LogP contribution < -0.4 is 0 Å². The lowest BCUT2D eigenvalue weighted by Gasteiger charge is -2.30. The van der Waals surface area contributed by atoms with Gasteiger partial charge in [0.1, 0.15) is 0 Å². The van der Waals surface area contributed by atoms with Crippen molar-refractivity contribution in [3.05, 3.63) is 24.4 Å². The van der Waals surface area contributed by atoms with Crippen LogP contribution in [0, 0.1) is 0 Å². The third-order valence-corrected chi connectivity index (χ3v) is 7.68. The van der Waals surface area contributed by atoms with E-state index in [1.54, 1.807) is 4.90 Å². The molecule has 0 aliphatic carbocycles. The number of sulfone groups is 1. The first-order chi connectivity index (χ1) is 13.0. The molecule has 0 saturated carbocycles. The van der Waals surface area contributed by atoms with Gasteiger partial charge < -0.3 is 9.64 Å². The maximum atomic E-state index is 13.0. The molecule has 27 heavy (non-hydrogen) atoms. The summed E-state index contributed by atoms with van der Waals surface area (Å²) < 4.78 is 31.3. The molecule has 2 aromatic rings. The lowest BCUT2D eigenvalue weighted by Crippen LogP contribution is -2.46. The Kier molecular flexibility index (Phi) is 5.38. The first-order valence-corrected chi connectivity index (χ1v) is 11.9. The predicted molar refractivity (Wildman–Crippen MR) is 101 cm³/mol. The Balaban J connectivity index is 1.46. The Morgan fingerprint density at radius 3 is 2.96 bits per heavy atom. The predicted octanol–water partition coefficient (Wildman–Crippen LogP) is 1.02. The van der Waals surface area contributed by atoms with Crippen LogP contribution in [0.4, 0.5) is 0 Å². The van der Waals surface area contributed by atoms with E-state index >= 15 is 0 Å². The van der Waals surface area contributed by atoms with Crippen LogP contribution in [0.1, 0.15) is 19.3 Å². The molecule has 2 aliphatic rings. The molecule has 0 N–H and O–H groups in total. The van der Waals surface area contributed by atoms with Crippen molar-refractivity contribution in [3.63, 3.8) is 0 Å². The van der Waals surface area contributed by atoms with E-state index in [1.807, 2.05) is 28.8 Å². The smallest absolute Gasteiger partial charge is 0.233 e. The average molecular weight is 411 g/mol. The van der Waals surface area contributed by atoms with Gasteiger partial charge in [-0.15, -0.1) is 10.2 Å². The Hall–Kier alpha value is -1.65. The summed E-state index contributed by atoms with van der Waals surface area (Å²) in [6, 6.07) is 5.36. The van der Waals surface area contributed by atoms with Gasteiger partial charge in [0.15, 0.2) is 20.6 Å². The SMILES string of the molecule is O=C(CSc1nnc2ccccn12)N(CC1CCCO1)C1CCS(=O)(=O)C1. The lowest BCUT2D eigenvalue weighted by atomic mass is 10.1. The lowest BCUT2D eigenvalue weighted by molar-refractivity contribution is -0.131. The second-order valence-electron chi connectivity index (χ2n) is 6.94. The Bertz CT molecular complexity index is 924. The molecule has 0 radical (unpaired) electrons. The standard InChI is InChI=1S/C17H22N4O4S2/c22-16(11-26-17-19-18-15-5-1-2-7-20(15)17)21(10-14-4-3-8-25-14)13-6-9-27(23,24)12-13/h1-2,5,7,13-14H,3-4,6,8-12H2. The number of aromatic nitrogens is 3. The van der Waals surface area contributed by atoms with Gasteiger partial charge >= 0.3 is 0 Å². The summed E-state index contributed by atoms with van der Waals surface area (Å²) in [4.78, 5) is 14.7. The number of carbonyl (C=O) groups excluding carboxylic acids is 1. The second-order valence-corrected chi connectivity index (χ2v) is 10.1. The maximum Gasteiger partial charge on any atom is 0.233 e. The van der Waals surface area contributed by atoms with Gasteiger partial charge in [0, 0.05) is 25.4 Å². The van der Waals surface area contributed by atoms with Crippen LogP contribution in [0.15, 0.2) is 29.6 Å². The molecule has 10 heteroatoms. The molecule has 1 amide bonds. The zero-order valence-electron chi connectivity index (χ0n) is 14.9. The topological polar surface area (TPSA) is 93.9 Å². The number of nitrogens with zero attached hydrogens (tertiary/aromatic N) is 4. The quantitative estimate of drug-likeness (QED) is 0.656. The van der Waals surface area contributed by atoms with E-state index in [0.29, 0.717) is 24.7 Å². The molecule has 0 spiro atoms. The molecule has 2 saturated heterocycles. The number of hydrogen-bond donors (Lipinski definition) is 0. The average Bonchev–Trinajstić information content (AvgIpc) is 3.37. The molecule has 146 valence electrons. The summed E-state index contributed by atoms with van der Waals surface area (Å²) in [5.41, 5.74) is 0.727. The fraction of sp³-hybridized carbons (Fsp3) is 0.588. The van der Waals surface area contributed by atoms with E-state index in [2.05, 4.69) is 10.2 Å². The molecule has 4 rings (SSSR count). The van der Waals surface area contributed by atoms with Gasteiger partial charge in [-0.05, 0) is 31.4 Å². The Morgan fingerprint density at radius 2 is 2.22 bits per heavy atom. The maximum absolute atomic E-state index is 13.0. The van der Waals surface area contributed by atoms with Crippen molar-refractivity contribution in [2.24, 2.45) is 0 Å². The van der Waals surface area contributed by atoms with E-state index in [1.165, 1.54) is 11.8 Å². The van der Waals surface area contributed by atoms with Crippen molar-refractivity contribution in [2.75, 3.05) is 30.4 Å². The number of rotatable bonds is 6. The minimum absolute atomic E-state index is 0.00354. The van der Waals surface area contributed by atoms with Crippen molar-refractivity contribution in [2.45, 2.75) is 36.6 Å². The molecule has 2 aromatic heterocycles. The fourth-order valence-corrected chi connectivity index (χ4v) is 6.15. The van der Waals surface area contributed by atoms with Crippen LogP contribution in [-0.4, -0.2) is 76.4 Å². The van der Waals surface area contributed by atoms with Crippen molar-refractivity contribution < 1.29 is 17.9 Å². The van der Waals surface area contributed by atoms with Gasteiger partial charge in [-0.25, -0.2) is 8.42 Å². The number of hydrogen-bond acceptors (Lipinski definition) is 7. The Morgan fingerprint density at radius 1 is 1.33 bits per heavy atom. The summed E-state index contributed by atoms with van der Waals surface area (Å²) in [6.07, 6.45) is 4.24. The van der Waals surface area contributed by atoms with Crippen LogP contribution in [0.25, 0.3) is 5.65 Å². The van der Waals surface area contributed by atoms with Gasteiger partial charge in [-0.2, -0.15) is 0 Å². The zero-order valence-corrected chi connectivity index (χ0v) is 16.5. The summed E-state index contributed by atoms with van der Waals surface area (Å²) in [5, 5.41) is 8.87. The van der Waals surface area contributed by atoms with Crippen LogP contribution in [-0.2, 0) is 19.4 Å². The first-order valence-electron chi connectivity index (χ1n) is 9.06. The summed E-state index contributed by atoms with van der Waals surface area (Å²) >= 11 is 1.32. The molecule has 2 aliphatic heterocycles. The van der Waals surface area contributed by atoms with E-state index in [9.17, 15) is 13.2 Å².